The van der Waals surface area contributed by atoms with E-state index in [-0.39, 0.29) is 0 Å². The van der Waals surface area contributed by atoms with Crippen LogP contribution in [0, 0.1) is 6.92 Å². The fourth-order valence-electron chi connectivity index (χ4n) is 4.25. The van der Waals surface area contributed by atoms with Gasteiger partial charge in [0.15, 0.2) is 0 Å². The zero-order chi connectivity index (χ0) is 18.8. The van der Waals surface area contributed by atoms with Crippen LogP contribution in [0.25, 0.3) is 10.9 Å². The maximum atomic E-state index is 10.7. The van der Waals surface area contributed by atoms with Crippen LogP contribution in [0.5, 0.6) is 5.75 Å². The highest BCUT2D eigenvalue weighted by atomic mass is 16.5. The zero-order valence-electron chi connectivity index (χ0n) is 16.2. The average Bonchev–Trinajstić information content (AvgIpc) is 3.00. The molecular weight excluding hydrogens is 336 g/mol. The van der Waals surface area contributed by atoms with E-state index in [0.717, 1.165) is 24.3 Å². The molecule has 2 N–H and O–H groups in total. The second kappa shape index (κ2) is 7.65. The van der Waals surface area contributed by atoms with Crippen LogP contribution in [0.15, 0.2) is 42.5 Å². The molecule has 142 valence electrons. The van der Waals surface area contributed by atoms with Crippen molar-refractivity contribution < 1.29 is 9.84 Å². The molecule has 4 rings (SSSR count). The number of methoxy groups -OCH3 is 1. The molecule has 0 radical (unpaired) electrons. The first-order valence-electron chi connectivity index (χ1n) is 9.83. The van der Waals surface area contributed by atoms with E-state index < -0.39 is 6.10 Å². The molecule has 1 heterocycles. The first-order chi connectivity index (χ1) is 13.2. The van der Waals surface area contributed by atoms with Crippen LogP contribution in [0.4, 0.5) is 5.69 Å². The Labute approximate surface area is 160 Å². The van der Waals surface area contributed by atoms with Gasteiger partial charge in [-0.15, -0.1) is 0 Å². The third-order valence-electron chi connectivity index (χ3n) is 5.56. The van der Waals surface area contributed by atoms with Crippen molar-refractivity contribution >= 4 is 16.6 Å². The molecule has 0 saturated carbocycles. The number of aromatic nitrogens is 1. The zero-order valence-corrected chi connectivity index (χ0v) is 16.2. The number of para-hydroxylation sites is 2. The number of anilines is 1. The van der Waals surface area contributed by atoms with Crippen molar-refractivity contribution in [1.82, 2.24) is 4.57 Å². The fraction of sp³-hybridized carbons (Fsp3) is 0.391. The van der Waals surface area contributed by atoms with E-state index >= 15 is 0 Å². The lowest BCUT2D eigenvalue weighted by molar-refractivity contribution is 0.167. The summed E-state index contributed by atoms with van der Waals surface area (Å²) in [6.07, 6.45) is 4.28. The Morgan fingerprint density at radius 2 is 1.96 bits per heavy atom. The number of nitrogens with zero attached hydrogens (tertiary/aromatic N) is 1. The Bertz CT molecular complexity index is 945. The molecule has 3 aromatic rings. The number of hydrogen-bond donors (Lipinski definition) is 2. The summed E-state index contributed by atoms with van der Waals surface area (Å²) >= 11 is 0. The molecule has 4 nitrogen and oxygen atoms in total. The number of aryl methyl sites for hydroxylation is 2. The van der Waals surface area contributed by atoms with E-state index in [2.05, 4.69) is 35.0 Å². The summed E-state index contributed by atoms with van der Waals surface area (Å²) in [5.74, 6) is 0.795. The standard InChI is InChI=1S/C23H28N2O2/c1-16-11-12-22-19(13-16)18-7-3-5-9-21(18)25(22)15-17(26)14-24-20-8-4-6-10-23(20)27-2/h4,6,8,10-13,17,24,26H,3,5,7,9,14-15H2,1-2H3/t17-/m1/s1. The van der Waals surface area contributed by atoms with Crippen molar-refractivity contribution in [3.63, 3.8) is 0 Å². The minimum atomic E-state index is -0.474. The minimum Gasteiger partial charge on any atom is -0.495 e. The SMILES string of the molecule is COc1ccccc1NC[C@@H](O)Cn1c2c(c3cc(C)ccc31)CCCC2. The number of benzene rings is 2. The first kappa shape index (κ1) is 17.9. The Morgan fingerprint density at radius 3 is 2.81 bits per heavy atom. The molecule has 4 heteroatoms. The molecular formula is C23H28N2O2. The van der Waals surface area contributed by atoms with Crippen LogP contribution < -0.4 is 10.1 Å². The monoisotopic (exact) mass is 364 g/mol. The minimum absolute atomic E-state index is 0.474. The molecule has 0 fully saturated rings. The molecule has 2 aromatic carbocycles. The molecule has 0 unspecified atom stereocenters. The Hall–Kier alpha value is -2.46. The topological polar surface area (TPSA) is 46.4 Å². The summed E-state index contributed by atoms with van der Waals surface area (Å²) in [4.78, 5) is 0. The van der Waals surface area contributed by atoms with Gasteiger partial charge >= 0.3 is 0 Å². The van der Waals surface area contributed by atoms with Crippen LogP contribution in [0.1, 0.15) is 29.7 Å². The van der Waals surface area contributed by atoms with Crippen LogP contribution in [-0.4, -0.2) is 29.4 Å². The van der Waals surface area contributed by atoms with Crippen molar-refractivity contribution in [3.05, 3.63) is 59.3 Å². The molecule has 0 aliphatic heterocycles. The molecule has 1 atom stereocenters. The van der Waals surface area contributed by atoms with Crippen molar-refractivity contribution in [2.75, 3.05) is 19.0 Å². The Kier molecular flexibility index (Phi) is 5.08. The average molecular weight is 364 g/mol. The van der Waals surface area contributed by atoms with E-state index in [1.807, 2.05) is 24.3 Å². The molecule has 0 spiro atoms. The van der Waals surface area contributed by atoms with Gasteiger partial charge in [-0.3, -0.25) is 0 Å². The third-order valence-corrected chi connectivity index (χ3v) is 5.56. The number of hydrogen-bond acceptors (Lipinski definition) is 3. The van der Waals surface area contributed by atoms with Gasteiger partial charge in [0.1, 0.15) is 5.75 Å². The van der Waals surface area contributed by atoms with Crippen molar-refractivity contribution in [2.24, 2.45) is 0 Å². The number of fused-ring (bicyclic) bond motifs is 3. The second-order valence-corrected chi connectivity index (χ2v) is 7.50. The lowest BCUT2D eigenvalue weighted by Gasteiger charge is -2.20. The molecule has 1 aliphatic rings. The first-order valence-corrected chi connectivity index (χ1v) is 9.83. The fourth-order valence-corrected chi connectivity index (χ4v) is 4.25. The van der Waals surface area contributed by atoms with Gasteiger partial charge in [0.2, 0.25) is 0 Å². The molecule has 1 aliphatic carbocycles. The third kappa shape index (κ3) is 3.54. The summed E-state index contributed by atoms with van der Waals surface area (Å²) in [5.41, 5.74) is 6.37. The molecule has 0 amide bonds. The van der Waals surface area contributed by atoms with E-state index in [1.54, 1.807) is 7.11 Å². The van der Waals surface area contributed by atoms with Gasteiger partial charge in [-0.1, -0.05) is 23.8 Å². The van der Waals surface area contributed by atoms with E-state index in [0.29, 0.717) is 13.1 Å². The largest absolute Gasteiger partial charge is 0.495 e. The number of nitrogens with one attached hydrogen (secondary N) is 1. The molecule has 1 aromatic heterocycles. The van der Waals surface area contributed by atoms with E-state index in [1.165, 1.54) is 40.6 Å². The summed E-state index contributed by atoms with van der Waals surface area (Å²) in [6.45, 7) is 3.25. The van der Waals surface area contributed by atoms with Gasteiger partial charge in [-0.05, 0) is 62.4 Å². The highest BCUT2D eigenvalue weighted by molar-refractivity contribution is 5.86. The van der Waals surface area contributed by atoms with Crippen molar-refractivity contribution in [3.8, 4) is 5.75 Å². The quantitative estimate of drug-likeness (QED) is 0.685. The van der Waals surface area contributed by atoms with Crippen molar-refractivity contribution in [1.29, 1.82) is 0 Å². The van der Waals surface area contributed by atoms with Crippen molar-refractivity contribution in [2.45, 2.75) is 45.3 Å². The summed E-state index contributed by atoms with van der Waals surface area (Å²) in [6, 6.07) is 14.5. The van der Waals surface area contributed by atoms with Crippen LogP contribution in [0.2, 0.25) is 0 Å². The van der Waals surface area contributed by atoms with Crippen LogP contribution in [0.3, 0.4) is 0 Å². The van der Waals surface area contributed by atoms with Gasteiger partial charge in [0.25, 0.3) is 0 Å². The highest BCUT2D eigenvalue weighted by Crippen LogP contribution is 2.33. The van der Waals surface area contributed by atoms with Gasteiger partial charge < -0.3 is 19.7 Å². The number of ether oxygens (including phenoxy) is 1. The normalized spacial score (nSPS) is 14.8. The van der Waals surface area contributed by atoms with E-state index in [9.17, 15) is 5.11 Å². The molecule has 0 saturated heterocycles. The smallest absolute Gasteiger partial charge is 0.141 e. The Morgan fingerprint density at radius 1 is 1.15 bits per heavy atom. The second-order valence-electron chi connectivity index (χ2n) is 7.50. The predicted molar refractivity (Wildman–Crippen MR) is 111 cm³/mol. The van der Waals surface area contributed by atoms with Crippen LogP contribution >= 0.6 is 0 Å². The van der Waals surface area contributed by atoms with Gasteiger partial charge in [0, 0.05) is 23.1 Å². The summed E-state index contributed by atoms with van der Waals surface area (Å²) in [7, 11) is 1.66. The number of aliphatic hydroxyl groups excluding tert-OH is 1. The maximum absolute atomic E-state index is 10.7. The van der Waals surface area contributed by atoms with Gasteiger partial charge in [-0.25, -0.2) is 0 Å². The number of rotatable bonds is 6. The summed E-state index contributed by atoms with van der Waals surface area (Å²) in [5, 5.41) is 15.4. The van der Waals surface area contributed by atoms with Gasteiger partial charge in [0.05, 0.1) is 25.4 Å². The summed E-state index contributed by atoms with van der Waals surface area (Å²) < 4.78 is 7.72. The lowest BCUT2D eigenvalue weighted by atomic mass is 9.95. The predicted octanol–water partition coefficient (Wildman–Crippen LogP) is 4.31. The Balaban J connectivity index is 1.56. The van der Waals surface area contributed by atoms with Crippen LogP contribution in [-0.2, 0) is 19.4 Å². The molecule has 0 bridgehead atoms. The lowest BCUT2D eigenvalue weighted by Crippen LogP contribution is -2.26. The highest BCUT2D eigenvalue weighted by Gasteiger charge is 2.21. The van der Waals surface area contributed by atoms with E-state index in [4.69, 9.17) is 4.74 Å². The maximum Gasteiger partial charge on any atom is 0.141 e. The molecule has 27 heavy (non-hydrogen) atoms. The van der Waals surface area contributed by atoms with Gasteiger partial charge in [-0.2, -0.15) is 0 Å². The number of aliphatic hydroxyl groups is 1.